The number of aliphatic carboxylic acids is 1. The normalized spacial score (nSPS) is 13.3. The predicted molar refractivity (Wildman–Crippen MR) is 133 cm³/mol. The Hall–Kier alpha value is -4.39. The zero-order chi connectivity index (χ0) is 27.9. The molecule has 200 valence electrons. The molecule has 1 aromatic heterocycles. The Labute approximate surface area is 219 Å². The van der Waals surface area contributed by atoms with E-state index >= 15 is 0 Å². The minimum Gasteiger partial charge on any atom is -0.478 e. The maximum atomic E-state index is 12.8. The SMILES string of the molecule is O=C(O)C(F)(F)F.O=C(O)c1ccc(N2CCN(c3ncccn3)CC2)c(NC(=O)c2cccc(Cl)c2)c1. The van der Waals surface area contributed by atoms with Crippen LogP contribution in [0.5, 0.6) is 0 Å². The second-order valence-electron chi connectivity index (χ2n) is 7.83. The lowest BCUT2D eigenvalue weighted by atomic mass is 10.1. The van der Waals surface area contributed by atoms with Gasteiger partial charge in [0.25, 0.3) is 5.91 Å². The monoisotopic (exact) mass is 551 g/mol. The molecule has 1 fully saturated rings. The third kappa shape index (κ3) is 7.56. The Kier molecular flexibility index (Phi) is 9.07. The lowest BCUT2D eigenvalue weighted by Gasteiger charge is -2.37. The molecule has 1 aliphatic rings. The van der Waals surface area contributed by atoms with Gasteiger partial charge in [-0.1, -0.05) is 17.7 Å². The van der Waals surface area contributed by atoms with Gasteiger partial charge in [0.2, 0.25) is 5.95 Å². The van der Waals surface area contributed by atoms with Crippen LogP contribution in [0.1, 0.15) is 20.7 Å². The van der Waals surface area contributed by atoms with E-state index in [0.717, 1.165) is 5.69 Å². The van der Waals surface area contributed by atoms with E-state index in [1.165, 1.54) is 6.07 Å². The zero-order valence-electron chi connectivity index (χ0n) is 19.5. The van der Waals surface area contributed by atoms with Crippen molar-refractivity contribution in [3.63, 3.8) is 0 Å². The number of hydrogen-bond acceptors (Lipinski definition) is 7. The topological polar surface area (TPSA) is 136 Å². The van der Waals surface area contributed by atoms with Crippen LogP contribution in [-0.4, -0.2) is 70.4 Å². The molecule has 3 aromatic rings. The molecule has 0 radical (unpaired) electrons. The van der Waals surface area contributed by atoms with E-state index in [2.05, 4.69) is 25.1 Å². The second kappa shape index (κ2) is 12.2. The van der Waals surface area contributed by atoms with Crippen LogP contribution in [0.3, 0.4) is 0 Å². The van der Waals surface area contributed by atoms with Crippen molar-refractivity contribution in [3.05, 3.63) is 77.1 Å². The molecule has 0 atom stereocenters. The first kappa shape index (κ1) is 28.2. The van der Waals surface area contributed by atoms with Crippen molar-refractivity contribution in [2.24, 2.45) is 0 Å². The first-order chi connectivity index (χ1) is 18.0. The van der Waals surface area contributed by atoms with Crippen molar-refractivity contribution in [1.82, 2.24) is 9.97 Å². The molecular weight excluding hydrogens is 531 g/mol. The predicted octanol–water partition coefficient (Wildman–Crippen LogP) is 4.04. The first-order valence-electron chi connectivity index (χ1n) is 11.0. The Morgan fingerprint density at radius 2 is 1.47 bits per heavy atom. The Balaban J connectivity index is 0.000000505. The number of aromatic carboxylic acids is 1. The van der Waals surface area contributed by atoms with Crippen molar-refractivity contribution in [1.29, 1.82) is 0 Å². The Bertz CT molecular complexity index is 1300. The number of nitrogens with zero attached hydrogens (tertiary/aromatic N) is 4. The van der Waals surface area contributed by atoms with Crippen molar-refractivity contribution < 1.29 is 37.8 Å². The third-order valence-electron chi connectivity index (χ3n) is 5.28. The van der Waals surface area contributed by atoms with E-state index in [0.29, 0.717) is 48.4 Å². The van der Waals surface area contributed by atoms with Crippen LogP contribution >= 0.6 is 11.6 Å². The highest BCUT2D eigenvalue weighted by atomic mass is 35.5. The maximum Gasteiger partial charge on any atom is 0.490 e. The van der Waals surface area contributed by atoms with Crippen molar-refractivity contribution >= 4 is 46.8 Å². The molecule has 0 unspecified atom stereocenters. The lowest BCUT2D eigenvalue weighted by Crippen LogP contribution is -2.47. The minimum absolute atomic E-state index is 0.0986. The van der Waals surface area contributed by atoms with Gasteiger partial charge in [-0.05, 0) is 42.5 Å². The van der Waals surface area contributed by atoms with Gasteiger partial charge in [-0.3, -0.25) is 4.79 Å². The molecule has 4 rings (SSSR count). The molecule has 0 aliphatic carbocycles. The highest BCUT2D eigenvalue weighted by molar-refractivity contribution is 6.31. The van der Waals surface area contributed by atoms with Crippen LogP contribution < -0.4 is 15.1 Å². The summed E-state index contributed by atoms with van der Waals surface area (Å²) >= 11 is 6.00. The fourth-order valence-corrected chi connectivity index (χ4v) is 3.66. The number of anilines is 3. The van der Waals surface area contributed by atoms with Gasteiger partial charge < -0.3 is 25.3 Å². The van der Waals surface area contributed by atoms with Gasteiger partial charge in [0.1, 0.15) is 0 Å². The summed E-state index contributed by atoms with van der Waals surface area (Å²) in [7, 11) is 0. The molecule has 1 aliphatic heterocycles. The highest BCUT2D eigenvalue weighted by Gasteiger charge is 2.38. The summed E-state index contributed by atoms with van der Waals surface area (Å²) in [5, 5.41) is 19.8. The molecule has 38 heavy (non-hydrogen) atoms. The molecule has 0 saturated carbocycles. The lowest BCUT2D eigenvalue weighted by molar-refractivity contribution is -0.192. The summed E-state index contributed by atoms with van der Waals surface area (Å²) in [6.07, 6.45) is -1.66. The summed E-state index contributed by atoms with van der Waals surface area (Å²) in [5.41, 5.74) is 1.69. The number of hydrogen-bond donors (Lipinski definition) is 3. The zero-order valence-corrected chi connectivity index (χ0v) is 20.3. The standard InChI is InChI=1S/C22H20ClN5O3.C2HF3O2/c23-17-4-1-3-15(13-17)20(29)26-18-14-16(21(30)31)5-6-19(18)27-9-11-28(12-10-27)22-24-7-2-8-25-22;3-2(4,5)1(6)7/h1-8,13-14H,9-12H2,(H,26,29)(H,30,31);(H,6,7). The van der Waals surface area contributed by atoms with Gasteiger partial charge in [0.15, 0.2) is 0 Å². The number of carboxylic acids is 2. The number of amides is 1. The van der Waals surface area contributed by atoms with Crippen molar-refractivity contribution in [2.75, 3.05) is 41.3 Å². The largest absolute Gasteiger partial charge is 0.490 e. The first-order valence-corrected chi connectivity index (χ1v) is 11.3. The number of rotatable bonds is 5. The van der Waals surface area contributed by atoms with Crippen LogP contribution in [0, 0.1) is 0 Å². The fraction of sp³-hybridized carbons (Fsp3) is 0.208. The molecule has 1 saturated heterocycles. The number of nitrogens with one attached hydrogen (secondary N) is 1. The van der Waals surface area contributed by atoms with E-state index in [1.54, 1.807) is 54.9 Å². The molecule has 3 N–H and O–H groups in total. The Morgan fingerprint density at radius 1 is 0.868 bits per heavy atom. The number of carbonyl (C=O) groups excluding carboxylic acids is 1. The number of halogens is 4. The van der Waals surface area contributed by atoms with E-state index in [4.69, 9.17) is 21.5 Å². The van der Waals surface area contributed by atoms with Gasteiger partial charge in [-0.2, -0.15) is 13.2 Å². The molecule has 2 heterocycles. The average Bonchev–Trinajstić information content (AvgIpc) is 2.89. The van der Waals surface area contributed by atoms with Crippen LogP contribution in [-0.2, 0) is 4.79 Å². The number of piperazine rings is 1. The molecular formula is C24H21ClF3N5O5. The van der Waals surface area contributed by atoms with Crippen LogP contribution in [0.4, 0.5) is 30.5 Å². The van der Waals surface area contributed by atoms with E-state index < -0.39 is 18.1 Å². The molecule has 1 amide bonds. The number of alkyl halides is 3. The molecule has 2 aromatic carbocycles. The van der Waals surface area contributed by atoms with Crippen molar-refractivity contribution in [2.45, 2.75) is 6.18 Å². The summed E-state index contributed by atoms with van der Waals surface area (Å²) < 4.78 is 31.7. The number of benzene rings is 2. The van der Waals surface area contributed by atoms with Gasteiger partial charge in [0, 0.05) is 49.2 Å². The summed E-state index contributed by atoms with van der Waals surface area (Å²) in [5.74, 6) is -3.50. The number of aromatic nitrogens is 2. The van der Waals surface area contributed by atoms with Gasteiger partial charge in [0.05, 0.1) is 16.9 Å². The van der Waals surface area contributed by atoms with Gasteiger partial charge in [-0.15, -0.1) is 0 Å². The van der Waals surface area contributed by atoms with Crippen LogP contribution in [0.15, 0.2) is 60.9 Å². The molecule has 0 spiro atoms. The summed E-state index contributed by atoms with van der Waals surface area (Å²) in [4.78, 5) is 45.9. The number of carbonyl (C=O) groups is 3. The smallest absolute Gasteiger partial charge is 0.478 e. The second-order valence-corrected chi connectivity index (χ2v) is 8.26. The summed E-state index contributed by atoms with van der Waals surface area (Å²) in [6.45, 7) is 2.74. The van der Waals surface area contributed by atoms with Gasteiger partial charge >= 0.3 is 18.1 Å². The van der Waals surface area contributed by atoms with Crippen molar-refractivity contribution in [3.8, 4) is 0 Å². The van der Waals surface area contributed by atoms with E-state index in [9.17, 15) is 27.9 Å². The fourth-order valence-electron chi connectivity index (χ4n) is 3.47. The third-order valence-corrected chi connectivity index (χ3v) is 5.51. The van der Waals surface area contributed by atoms with Crippen LogP contribution in [0.25, 0.3) is 0 Å². The minimum atomic E-state index is -5.08. The van der Waals surface area contributed by atoms with E-state index in [1.807, 2.05) is 0 Å². The number of carboxylic acid groups (broad SMARTS) is 2. The summed E-state index contributed by atoms with van der Waals surface area (Å²) in [6, 6.07) is 13.1. The quantitative estimate of drug-likeness (QED) is 0.429. The Morgan fingerprint density at radius 3 is 2.03 bits per heavy atom. The highest BCUT2D eigenvalue weighted by Crippen LogP contribution is 2.29. The van der Waals surface area contributed by atoms with Crippen LogP contribution in [0.2, 0.25) is 5.02 Å². The molecule has 14 heteroatoms. The maximum absolute atomic E-state index is 12.8. The molecule has 0 bridgehead atoms. The van der Waals surface area contributed by atoms with Gasteiger partial charge in [-0.25, -0.2) is 19.6 Å². The average molecular weight is 552 g/mol. The van der Waals surface area contributed by atoms with E-state index in [-0.39, 0.29) is 11.5 Å². The molecule has 10 nitrogen and oxygen atoms in total.